The Balaban J connectivity index is 1.93. The molecule has 6 heteroatoms. The van der Waals surface area contributed by atoms with Crippen LogP contribution in [0.1, 0.15) is 37.0 Å². The number of aliphatic hydroxyl groups is 1. The van der Waals surface area contributed by atoms with E-state index >= 15 is 0 Å². The highest BCUT2D eigenvalue weighted by Crippen LogP contribution is 2.12. The van der Waals surface area contributed by atoms with Crippen LogP contribution >= 0.6 is 0 Å². The zero-order valence-electron chi connectivity index (χ0n) is 13.6. The van der Waals surface area contributed by atoms with Gasteiger partial charge in [0, 0.05) is 18.2 Å². The highest BCUT2D eigenvalue weighted by Gasteiger charge is 2.26. The van der Waals surface area contributed by atoms with Crippen LogP contribution in [0.15, 0.2) is 24.3 Å². The van der Waals surface area contributed by atoms with E-state index in [1.54, 1.807) is 6.07 Å². The Kier molecular flexibility index (Phi) is 6.50. The zero-order valence-corrected chi connectivity index (χ0v) is 13.6. The Morgan fingerprint density at radius 1 is 1.48 bits per heavy atom. The van der Waals surface area contributed by atoms with E-state index in [1.165, 1.54) is 18.2 Å². The van der Waals surface area contributed by atoms with E-state index in [0.717, 1.165) is 12.8 Å². The Morgan fingerprint density at radius 2 is 2.26 bits per heavy atom. The topological polar surface area (TPSA) is 70.6 Å². The van der Waals surface area contributed by atoms with Gasteiger partial charge in [0.2, 0.25) is 0 Å². The molecule has 1 aliphatic rings. The van der Waals surface area contributed by atoms with Crippen molar-refractivity contribution >= 4 is 5.91 Å². The maximum Gasteiger partial charge on any atom is 0.251 e. The smallest absolute Gasteiger partial charge is 0.251 e. The predicted molar refractivity (Wildman–Crippen MR) is 85.5 cm³/mol. The van der Waals surface area contributed by atoms with Crippen molar-refractivity contribution in [1.29, 1.82) is 0 Å². The zero-order chi connectivity index (χ0) is 16.8. The van der Waals surface area contributed by atoms with Crippen molar-refractivity contribution in [1.82, 2.24) is 10.6 Å². The minimum absolute atomic E-state index is 0.0985. The van der Waals surface area contributed by atoms with Crippen LogP contribution in [0.4, 0.5) is 4.39 Å². The lowest BCUT2D eigenvalue weighted by atomic mass is 10.0. The third kappa shape index (κ3) is 5.57. The Hall–Kier alpha value is -1.50. The largest absolute Gasteiger partial charge is 0.367 e. The van der Waals surface area contributed by atoms with E-state index in [2.05, 4.69) is 24.5 Å². The molecule has 1 amide bonds. The Labute approximate surface area is 136 Å². The van der Waals surface area contributed by atoms with Crippen LogP contribution in [0, 0.1) is 11.7 Å². The minimum Gasteiger partial charge on any atom is -0.367 e. The molecule has 128 valence electrons. The second kappa shape index (κ2) is 8.38. The molecule has 3 atom stereocenters. The number of carbonyl (C=O) groups excluding carboxylic acids is 1. The quantitative estimate of drug-likeness (QED) is 0.713. The molecule has 5 nitrogen and oxygen atoms in total. The summed E-state index contributed by atoms with van der Waals surface area (Å²) in [4.78, 5) is 12.3. The van der Waals surface area contributed by atoms with E-state index in [9.17, 15) is 14.3 Å². The number of benzene rings is 1. The second-order valence-corrected chi connectivity index (χ2v) is 6.38. The van der Waals surface area contributed by atoms with Crippen molar-refractivity contribution in [2.24, 2.45) is 5.92 Å². The van der Waals surface area contributed by atoms with E-state index in [1.807, 2.05) is 0 Å². The van der Waals surface area contributed by atoms with Crippen molar-refractivity contribution in [2.45, 2.75) is 45.1 Å². The number of halogens is 1. The van der Waals surface area contributed by atoms with Crippen LogP contribution in [0.2, 0.25) is 0 Å². The number of hydrogen-bond donors (Lipinski definition) is 3. The van der Waals surface area contributed by atoms with E-state index in [-0.39, 0.29) is 18.0 Å². The lowest BCUT2D eigenvalue weighted by molar-refractivity contribution is -0.0718. The Bertz CT molecular complexity index is 524. The molecule has 0 aromatic heterocycles. The molecule has 23 heavy (non-hydrogen) atoms. The third-order valence-corrected chi connectivity index (χ3v) is 3.87. The molecule has 0 bridgehead atoms. The highest BCUT2D eigenvalue weighted by atomic mass is 19.1. The number of ether oxygens (including phenoxy) is 1. The molecule has 0 saturated carbocycles. The molecule has 1 heterocycles. The molecule has 1 aromatic rings. The molecular weight excluding hydrogens is 299 g/mol. The van der Waals surface area contributed by atoms with Crippen LogP contribution in [0.3, 0.4) is 0 Å². The fraction of sp³-hybridized carbons (Fsp3) is 0.588. The van der Waals surface area contributed by atoms with E-state index < -0.39 is 12.1 Å². The molecule has 0 aliphatic carbocycles. The first kappa shape index (κ1) is 17.8. The fourth-order valence-electron chi connectivity index (χ4n) is 2.73. The van der Waals surface area contributed by atoms with Crippen molar-refractivity contribution in [2.75, 3.05) is 13.2 Å². The van der Waals surface area contributed by atoms with Gasteiger partial charge in [-0.2, -0.15) is 0 Å². The summed E-state index contributed by atoms with van der Waals surface area (Å²) in [5, 5.41) is 15.8. The molecular formula is C17H25FN2O3. The van der Waals surface area contributed by atoms with Crippen LogP contribution in [-0.2, 0) is 4.74 Å². The SMILES string of the molecule is CC(C)C[C@H](CN[C@H]1CCOC1O)NC(=O)c1cccc(F)c1. The summed E-state index contributed by atoms with van der Waals surface area (Å²) < 4.78 is 18.3. The monoisotopic (exact) mass is 324 g/mol. The van der Waals surface area contributed by atoms with Crippen LogP contribution in [0.5, 0.6) is 0 Å². The van der Waals surface area contributed by atoms with Gasteiger partial charge in [0.05, 0.1) is 12.6 Å². The molecule has 1 unspecified atom stereocenters. The lowest BCUT2D eigenvalue weighted by Crippen LogP contribution is -2.47. The number of hydrogen-bond acceptors (Lipinski definition) is 4. The molecule has 1 saturated heterocycles. The van der Waals surface area contributed by atoms with Gasteiger partial charge in [-0.1, -0.05) is 19.9 Å². The fourth-order valence-corrected chi connectivity index (χ4v) is 2.73. The van der Waals surface area contributed by atoms with Crippen molar-refractivity contribution in [3.63, 3.8) is 0 Å². The molecule has 1 fully saturated rings. The van der Waals surface area contributed by atoms with Crippen molar-refractivity contribution in [3.8, 4) is 0 Å². The third-order valence-electron chi connectivity index (χ3n) is 3.87. The number of amides is 1. The minimum atomic E-state index is -0.798. The average Bonchev–Trinajstić information content (AvgIpc) is 2.89. The van der Waals surface area contributed by atoms with Gasteiger partial charge < -0.3 is 20.5 Å². The maximum absolute atomic E-state index is 13.2. The Morgan fingerprint density at radius 3 is 2.87 bits per heavy atom. The summed E-state index contributed by atoms with van der Waals surface area (Å²) in [6.45, 7) is 5.22. The molecule has 0 radical (unpaired) electrons. The number of nitrogens with one attached hydrogen (secondary N) is 2. The molecule has 2 rings (SSSR count). The first-order valence-electron chi connectivity index (χ1n) is 8.05. The highest BCUT2D eigenvalue weighted by molar-refractivity contribution is 5.94. The van der Waals surface area contributed by atoms with Gasteiger partial charge in [-0.3, -0.25) is 4.79 Å². The van der Waals surface area contributed by atoms with Crippen LogP contribution in [0.25, 0.3) is 0 Å². The lowest BCUT2D eigenvalue weighted by Gasteiger charge is -2.24. The van der Waals surface area contributed by atoms with Gasteiger partial charge in [-0.05, 0) is 37.0 Å². The van der Waals surface area contributed by atoms with E-state index in [0.29, 0.717) is 24.6 Å². The van der Waals surface area contributed by atoms with Crippen LogP contribution < -0.4 is 10.6 Å². The second-order valence-electron chi connectivity index (χ2n) is 6.38. The molecule has 3 N–H and O–H groups in total. The normalized spacial score (nSPS) is 22.3. The number of aliphatic hydroxyl groups excluding tert-OH is 1. The molecule has 1 aliphatic heterocycles. The molecule has 1 aromatic carbocycles. The summed E-state index contributed by atoms with van der Waals surface area (Å²) >= 11 is 0. The number of carbonyl (C=O) groups is 1. The predicted octanol–water partition coefficient (Wildman–Crippen LogP) is 1.67. The van der Waals surface area contributed by atoms with Gasteiger partial charge in [-0.15, -0.1) is 0 Å². The van der Waals surface area contributed by atoms with E-state index in [4.69, 9.17) is 4.74 Å². The standard InChI is InChI=1S/C17H25FN2O3/c1-11(2)8-14(10-19-15-6-7-23-17(15)22)20-16(21)12-4-3-5-13(18)9-12/h3-5,9,11,14-15,17,19,22H,6-8,10H2,1-2H3,(H,20,21)/t14-,15+,17?/m1/s1. The van der Waals surface area contributed by atoms with Crippen molar-refractivity contribution < 1.29 is 19.0 Å². The summed E-state index contributed by atoms with van der Waals surface area (Å²) in [5.74, 6) is -0.318. The van der Waals surface area contributed by atoms with Crippen LogP contribution in [-0.4, -0.2) is 42.5 Å². The maximum atomic E-state index is 13.2. The molecule has 0 spiro atoms. The van der Waals surface area contributed by atoms with Gasteiger partial charge in [0.15, 0.2) is 6.29 Å². The van der Waals surface area contributed by atoms with Gasteiger partial charge in [0.25, 0.3) is 5.91 Å². The van der Waals surface area contributed by atoms with Gasteiger partial charge in [-0.25, -0.2) is 4.39 Å². The first-order chi connectivity index (χ1) is 11.0. The number of rotatable bonds is 7. The van der Waals surface area contributed by atoms with Gasteiger partial charge >= 0.3 is 0 Å². The summed E-state index contributed by atoms with van der Waals surface area (Å²) in [5.41, 5.74) is 0.308. The van der Waals surface area contributed by atoms with Gasteiger partial charge in [0.1, 0.15) is 5.82 Å². The summed E-state index contributed by atoms with van der Waals surface area (Å²) in [7, 11) is 0. The first-order valence-corrected chi connectivity index (χ1v) is 8.05. The average molecular weight is 324 g/mol. The summed E-state index contributed by atoms with van der Waals surface area (Å²) in [6.07, 6.45) is 0.735. The summed E-state index contributed by atoms with van der Waals surface area (Å²) in [6, 6.07) is 5.43. The van der Waals surface area contributed by atoms with Crippen molar-refractivity contribution in [3.05, 3.63) is 35.6 Å².